The summed E-state index contributed by atoms with van der Waals surface area (Å²) in [6.45, 7) is 0.953. The van der Waals surface area contributed by atoms with E-state index in [-0.39, 0.29) is 17.7 Å². The fraction of sp³-hybridized carbons (Fsp3) is 0.226. The molecule has 1 N–H and O–H groups in total. The van der Waals surface area contributed by atoms with Gasteiger partial charge in [-0.2, -0.15) is 26.3 Å². The second-order valence-electron chi connectivity index (χ2n) is 9.35. The minimum atomic E-state index is -4.76. The van der Waals surface area contributed by atoms with Crippen molar-refractivity contribution in [3.63, 3.8) is 0 Å². The molecule has 216 valence electrons. The van der Waals surface area contributed by atoms with Gasteiger partial charge in [0.15, 0.2) is 0 Å². The van der Waals surface area contributed by atoms with Gasteiger partial charge in [0.05, 0.1) is 23.8 Å². The van der Waals surface area contributed by atoms with Gasteiger partial charge in [0.2, 0.25) is 0 Å². The van der Waals surface area contributed by atoms with E-state index < -0.39 is 41.9 Å². The topological polar surface area (TPSA) is 32.7 Å². The zero-order valence-electron chi connectivity index (χ0n) is 21.8. The van der Waals surface area contributed by atoms with Gasteiger partial charge in [0.1, 0.15) is 17.3 Å². The third-order valence-electron chi connectivity index (χ3n) is 6.56. The zero-order chi connectivity index (χ0) is 29.8. The van der Waals surface area contributed by atoms with Crippen molar-refractivity contribution in [2.75, 3.05) is 11.5 Å². The fourth-order valence-electron chi connectivity index (χ4n) is 4.41. The Kier molecular flexibility index (Phi) is 8.92. The van der Waals surface area contributed by atoms with Crippen LogP contribution in [-0.2, 0) is 25.3 Å². The van der Waals surface area contributed by atoms with E-state index in [9.17, 15) is 35.8 Å². The monoisotopic (exact) mass is 577 g/mol. The summed E-state index contributed by atoms with van der Waals surface area (Å²) in [7, 11) is 0. The summed E-state index contributed by atoms with van der Waals surface area (Å²) in [6, 6.07) is 19.1. The van der Waals surface area contributed by atoms with Crippen LogP contribution in [0.5, 0.6) is 11.5 Å². The summed E-state index contributed by atoms with van der Waals surface area (Å²) >= 11 is 0. The number of rotatable bonds is 9. The van der Waals surface area contributed by atoms with Gasteiger partial charge < -0.3 is 14.7 Å². The molecular formula is C31H26F7NO2. The first-order valence-corrected chi connectivity index (χ1v) is 12.7. The van der Waals surface area contributed by atoms with Crippen molar-refractivity contribution in [1.29, 1.82) is 0 Å². The molecule has 0 saturated carbocycles. The van der Waals surface area contributed by atoms with Crippen molar-refractivity contribution < 1.29 is 40.6 Å². The maximum Gasteiger partial charge on any atom is 0.416 e. The fourth-order valence-corrected chi connectivity index (χ4v) is 4.41. The Labute approximate surface area is 232 Å². The highest BCUT2D eigenvalue weighted by Crippen LogP contribution is 2.37. The largest absolute Gasteiger partial charge is 0.457 e. The Morgan fingerprint density at radius 3 is 2.02 bits per heavy atom. The maximum absolute atomic E-state index is 14.9. The molecule has 0 aromatic heterocycles. The first-order valence-electron chi connectivity index (χ1n) is 12.7. The van der Waals surface area contributed by atoms with Crippen LogP contribution in [0.4, 0.5) is 36.4 Å². The van der Waals surface area contributed by atoms with E-state index in [1.807, 2.05) is 25.1 Å². The van der Waals surface area contributed by atoms with Gasteiger partial charge >= 0.3 is 12.4 Å². The Bertz CT molecular complexity index is 1480. The predicted octanol–water partition coefficient (Wildman–Crippen LogP) is 8.96. The SMILES string of the molecule is CCc1cccc(Oc2cccc(N(Cc3ccc(C(F)(F)F)cc3F)C(CO)c3cccc(C(F)(F)F)c3)c2)c1. The van der Waals surface area contributed by atoms with Gasteiger partial charge in [-0.1, -0.05) is 43.3 Å². The van der Waals surface area contributed by atoms with Crippen molar-refractivity contribution in [3.8, 4) is 11.5 Å². The Morgan fingerprint density at radius 1 is 0.756 bits per heavy atom. The number of alkyl halides is 6. The molecule has 1 atom stereocenters. The number of aryl methyl sites for hydroxylation is 1. The molecule has 0 aliphatic heterocycles. The highest BCUT2D eigenvalue weighted by molar-refractivity contribution is 5.54. The van der Waals surface area contributed by atoms with E-state index in [0.29, 0.717) is 23.3 Å². The van der Waals surface area contributed by atoms with Gasteiger partial charge in [0, 0.05) is 23.9 Å². The summed E-state index contributed by atoms with van der Waals surface area (Å²) < 4.78 is 101. The average molecular weight is 578 g/mol. The normalized spacial score (nSPS) is 12.7. The molecule has 4 aromatic carbocycles. The molecule has 4 rings (SSSR count). The van der Waals surface area contributed by atoms with E-state index in [0.717, 1.165) is 36.2 Å². The minimum absolute atomic E-state index is 0.0802. The van der Waals surface area contributed by atoms with Gasteiger partial charge in [0.25, 0.3) is 0 Å². The molecule has 0 spiro atoms. The number of halogens is 7. The number of anilines is 1. The standard InChI is InChI=1S/C31H26F7NO2/c1-2-20-6-3-10-26(14-20)41-27-11-5-9-25(17-27)39(18-22-12-13-24(16-28(22)32)31(36,37)38)29(19-40)21-7-4-8-23(15-21)30(33,34)35/h3-17,29,40H,2,18-19H2,1H3. The van der Waals surface area contributed by atoms with Crippen LogP contribution in [0.3, 0.4) is 0 Å². The third-order valence-corrected chi connectivity index (χ3v) is 6.56. The summed E-state index contributed by atoms with van der Waals surface area (Å²) in [5, 5.41) is 10.4. The lowest BCUT2D eigenvalue weighted by Gasteiger charge is -2.34. The highest BCUT2D eigenvalue weighted by Gasteiger charge is 2.33. The molecule has 4 aromatic rings. The van der Waals surface area contributed by atoms with Crippen molar-refractivity contribution in [2.45, 2.75) is 38.3 Å². The van der Waals surface area contributed by atoms with Crippen LogP contribution in [-0.4, -0.2) is 11.7 Å². The zero-order valence-corrected chi connectivity index (χ0v) is 21.8. The van der Waals surface area contributed by atoms with Gasteiger partial charge in [-0.3, -0.25) is 0 Å². The van der Waals surface area contributed by atoms with Crippen LogP contribution in [0.2, 0.25) is 0 Å². The Morgan fingerprint density at radius 2 is 1.39 bits per heavy atom. The number of hydrogen-bond acceptors (Lipinski definition) is 3. The highest BCUT2D eigenvalue weighted by atomic mass is 19.4. The van der Waals surface area contributed by atoms with Gasteiger partial charge in [-0.15, -0.1) is 0 Å². The van der Waals surface area contributed by atoms with Crippen LogP contribution >= 0.6 is 0 Å². The number of hydrogen-bond donors (Lipinski definition) is 1. The summed E-state index contributed by atoms with van der Waals surface area (Å²) in [5.41, 5.74) is -0.816. The molecule has 0 heterocycles. The summed E-state index contributed by atoms with van der Waals surface area (Å²) in [5.74, 6) is -0.248. The van der Waals surface area contributed by atoms with Gasteiger partial charge in [-0.25, -0.2) is 4.39 Å². The van der Waals surface area contributed by atoms with E-state index in [2.05, 4.69) is 0 Å². The van der Waals surface area contributed by atoms with E-state index in [1.165, 1.54) is 17.0 Å². The van der Waals surface area contributed by atoms with Crippen molar-refractivity contribution in [2.24, 2.45) is 0 Å². The first-order chi connectivity index (χ1) is 19.4. The molecule has 0 bridgehead atoms. The second-order valence-corrected chi connectivity index (χ2v) is 9.35. The lowest BCUT2D eigenvalue weighted by atomic mass is 10.0. The minimum Gasteiger partial charge on any atom is -0.457 e. The molecule has 0 aliphatic rings. The first kappa shape index (κ1) is 29.9. The predicted molar refractivity (Wildman–Crippen MR) is 141 cm³/mol. The molecule has 0 amide bonds. The lowest BCUT2D eigenvalue weighted by molar-refractivity contribution is -0.138. The number of ether oxygens (including phenoxy) is 1. The van der Waals surface area contributed by atoms with E-state index in [4.69, 9.17) is 4.74 Å². The number of aliphatic hydroxyl groups excluding tert-OH is 1. The maximum atomic E-state index is 14.9. The second kappa shape index (κ2) is 12.2. The van der Waals surface area contributed by atoms with E-state index in [1.54, 1.807) is 30.3 Å². The summed E-state index contributed by atoms with van der Waals surface area (Å²) in [4.78, 5) is 1.43. The Hall–Kier alpha value is -4.05. The molecule has 0 fully saturated rings. The van der Waals surface area contributed by atoms with Crippen molar-refractivity contribution in [1.82, 2.24) is 0 Å². The molecule has 0 saturated heterocycles. The smallest absolute Gasteiger partial charge is 0.416 e. The van der Waals surface area contributed by atoms with Crippen molar-refractivity contribution >= 4 is 5.69 Å². The molecule has 0 aliphatic carbocycles. The van der Waals surface area contributed by atoms with Crippen LogP contribution in [0.25, 0.3) is 0 Å². The molecule has 3 nitrogen and oxygen atoms in total. The Balaban J connectivity index is 1.77. The molecule has 1 unspecified atom stereocenters. The number of aliphatic hydroxyl groups is 1. The summed E-state index contributed by atoms with van der Waals surface area (Å²) in [6.07, 6.45) is -8.63. The molecule has 0 radical (unpaired) electrons. The number of nitrogens with zero attached hydrogens (tertiary/aromatic N) is 1. The molecule has 41 heavy (non-hydrogen) atoms. The van der Waals surface area contributed by atoms with Crippen LogP contribution in [0, 0.1) is 5.82 Å². The molecular weight excluding hydrogens is 551 g/mol. The average Bonchev–Trinajstić information content (AvgIpc) is 2.93. The van der Waals surface area contributed by atoms with Crippen LogP contribution < -0.4 is 9.64 Å². The molecule has 10 heteroatoms. The quantitative estimate of drug-likeness (QED) is 0.202. The van der Waals surface area contributed by atoms with Crippen LogP contribution in [0.1, 0.15) is 40.8 Å². The van der Waals surface area contributed by atoms with Crippen molar-refractivity contribution in [3.05, 3.63) is 125 Å². The van der Waals surface area contributed by atoms with Crippen LogP contribution in [0.15, 0.2) is 91.0 Å². The van der Waals surface area contributed by atoms with E-state index >= 15 is 0 Å². The third kappa shape index (κ3) is 7.38. The lowest BCUT2D eigenvalue weighted by Crippen LogP contribution is -2.31. The number of benzene rings is 4. The van der Waals surface area contributed by atoms with Gasteiger partial charge in [-0.05, 0) is 66.1 Å².